The summed E-state index contributed by atoms with van der Waals surface area (Å²) in [5.41, 5.74) is 12.9. The highest BCUT2D eigenvalue weighted by molar-refractivity contribution is 7.26. The molecule has 0 aliphatic heterocycles. The number of rotatable bonds is 9. The lowest BCUT2D eigenvalue weighted by Crippen LogP contribution is -2.01. The van der Waals surface area contributed by atoms with E-state index in [0.29, 0.717) is 6.54 Å². The van der Waals surface area contributed by atoms with Crippen molar-refractivity contribution in [2.45, 2.75) is 13.5 Å². The van der Waals surface area contributed by atoms with E-state index in [9.17, 15) is 0 Å². The number of thiophene rings is 1. The van der Waals surface area contributed by atoms with Crippen LogP contribution in [0, 0.1) is 0 Å². The Balaban J connectivity index is 1.03. The minimum absolute atomic E-state index is 0.578. The second-order valence-electron chi connectivity index (χ2n) is 16.2. The molecule has 10 aromatic carbocycles. The highest BCUT2D eigenvalue weighted by Crippen LogP contribution is 2.44. The van der Waals surface area contributed by atoms with Crippen LogP contribution in [0.15, 0.2) is 236 Å². The smallest absolute Gasteiger partial charge is 0.0663 e. The molecule has 0 N–H and O–H groups in total. The minimum atomic E-state index is 0.578. The molecule has 2 heteroatoms. The molecule has 63 heavy (non-hydrogen) atoms. The van der Waals surface area contributed by atoms with Crippen molar-refractivity contribution in [3.63, 3.8) is 0 Å². The van der Waals surface area contributed by atoms with Crippen molar-refractivity contribution in [1.29, 1.82) is 0 Å². The maximum atomic E-state index is 5.44. The lowest BCUT2D eigenvalue weighted by atomic mass is 9.93. The molecule has 11 aromatic rings. The predicted octanol–water partition coefficient (Wildman–Crippen LogP) is 17.2. The van der Waals surface area contributed by atoms with E-state index in [0.717, 1.165) is 22.4 Å². The van der Waals surface area contributed by atoms with Gasteiger partial charge in [-0.2, -0.15) is 0 Å². The zero-order valence-electron chi connectivity index (χ0n) is 35.0. The first-order valence-electron chi connectivity index (χ1n) is 21.7. The van der Waals surface area contributed by atoms with Gasteiger partial charge in [0.2, 0.25) is 0 Å². The molecule has 1 heterocycles. The molecule has 11 rings (SSSR count). The summed E-state index contributed by atoms with van der Waals surface area (Å²) in [7, 11) is 0. The Morgan fingerprint density at radius 3 is 1.87 bits per heavy atom. The van der Waals surface area contributed by atoms with Crippen molar-refractivity contribution < 1.29 is 0 Å². The number of nitrogens with zero attached hydrogens (tertiary/aromatic N) is 1. The second-order valence-corrected chi connectivity index (χ2v) is 17.2. The van der Waals surface area contributed by atoms with Gasteiger partial charge in [-0.3, -0.25) is 4.99 Å². The van der Waals surface area contributed by atoms with Crippen LogP contribution in [0.2, 0.25) is 0 Å². The summed E-state index contributed by atoms with van der Waals surface area (Å²) in [4.78, 5) is 5.44. The topological polar surface area (TPSA) is 12.4 Å². The molecule has 1 nitrogen and oxygen atoms in total. The van der Waals surface area contributed by atoms with Crippen molar-refractivity contribution in [2.75, 3.05) is 0 Å². The summed E-state index contributed by atoms with van der Waals surface area (Å²) in [5, 5.41) is 10.1. The van der Waals surface area contributed by atoms with Crippen LogP contribution in [0.1, 0.15) is 23.6 Å². The Morgan fingerprint density at radius 1 is 0.476 bits per heavy atom. The first-order valence-corrected chi connectivity index (χ1v) is 22.5. The van der Waals surface area contributed by atoms with Crippen LogP contribution in [0.3, 0.4) is 0 Å². The van der Waals surface area contributed by atoms with Crippen molar-refractivity contribution in [3.05, 3.63) is 247 Å². The van der Waals surface area contributed by atoms with Crippen LogP contribution in [0.5, 0.6) is 0 Å². The average molecular weight is 822 g/mol. The first kappa shape index (κ1) is 38.3. The van der Waals surface area contributed by atoms with Gasteiger partial charge in [-0.15, -0.1) is 11.3 Å². The average Bonchev–Trinajstić information content (AvgIpc) is 3.74. The van der Waals surface area contributed by atoms with Gasteiger partial charge in [0.15, 0.2) is 0 Å². The van der Waals surface area contributed by atoms with E-state index >= 15 is 0 Å². The van der Waals surface area contributed by atoms with E-state index in [1.165, 1.54) is 91.4 Å². The van der Waals surface area contributed by atoms with E-state index in [1.54, 1.807) is 0 Å². The standard InChI is InChI=1S/C61H43NS/c1-2-14-48(43-27-29-44(30-28-43)50-36-31-42-17-6-7-19-49(42)37-50)38-58(62-40-41-15-4-3-5-16-41)57-39-59-60(55-23-11-10-22-54(55)57)56-26-13-25-53(61(56)63-59)47-34-32-46(33-35-47)52-24-12-20-45-18-8-9-21-51(45)52/h2-39H,40H2,1H3/b14-2+,48-38+,62-58?. The molecule has 0 fully saturated rings. The number of hydrogen-bond donors (Lipinski definition) is 0. The molecule has 0 atom stereocenters. The molecular formula is C61H43NS. The van der Waals surface area contributed by atoms with Crippen LogP contribution < -0.4 is 0 Å². The lowest BCUT2D eigenvalue weighted by molar-refractivity contribution is 1.07. The van der Waals surface area contributed by atoms with E-state index in [-0.39, 0.29) is 0 Å². The first-order chi connectivity index (χ1) is 31.2. The quantitative estimate of drug-likeness (QED) is 0.102. The fourth-order valence-electron chi connectivity index (χ4n) is 9.15. The van der Waals surface area contributed by atoms with Gasteiger partial charge in [-0.25, -0.2) is 0 Å². The third kappa shape index (κ3) is 7.35. The second kappa shape index (κ2) is 16.7. The normalized spacial score (nSPS) is 12.4. The summed E-state index contributed by atoms with van der Waals surface area (Å²) in [5.74, 6) is 0. The Morgan fingerprint density at radius 2 is 1.08 bits per heavy atom. The van der Waals surface area contributed by atoms with Crippen molar-refractivity contribution in [1.82, 2.24) is 0 Å². The maximum absolute atomic E-state index is 5.44. The molecule has 298 valence electrons. The van der Waals surface area contributed by atoms with Crippen molar-refractivity contribution in [2.24, 2.45) is 4.99 Å². The fourth-order valence-corrected chi connectivity index (χ4v) is 10.4. The summed E-state index contributed by atoms with van der Waals surface area (Å²) in [6.45, 7) is 2.67. The van der Waals surface area contributed by atoms with E-state index in [4.69, 9.17) is 4.99 Å². The molecule has 0 radical (unpaired) electrons. The molecule has 0 saturated carbocycles. The van der Waals surface area contributed by atoms with E-state index in [2.05, 4.69) is 237 Å². The maximum Gasteiger partial charge on any atom is 0.0663 e. The molecule has 0 spiro atoms. The lowest BCUT2D eigenvalue weighted by Gasteiger charge is -2.12. The van der Waals surface area contributed by atoms with Crippen LogP contribution >= 0.6 is 11.3 Å². The van der Waals surface area contributed by atoms with Gasteiger partial charge < -0.3 is 0 Å². The van der Waals surface area contributed by atoms with Gasteiger partial charge in [0, 0.05) is 25.7 Å². The molecule has 0 aliphatic rings. The number of aliphatic imine (C=N–C) groups is 1. The van der Waals surface area contributed by atoms with Gasteiger partial charge in [0.25, 0.3) is 0 Å². The Hall–Kier alpha value is -7.65. The predicted molar refractivity (Wildman–Crippen MR) is 274 cm³/mol. The SMILES string of the molecule is C/C=C/C(=C\C(=NCc1ccccc1)c1cc2sc3c(-c4ccc(-c5cccc6ccccc56)cc4)cccc3c2c2ccccc12)c1ccc(-c2ccc3ccccc3c2)cc1. The van der Waals surface area contributed by atoms with Crippen molar-refractivity contribution in [3.8, 4) is 33.4 Å². The van der Waals surface area contributed by atoms with Gasteiger partial charge in [-0.1, -0.05) is 212 Å². The summed E-state index contributed by atoms with van der Waals surface area (Å²) >= 11 is 1.88. The molecular weight excluding hydrogens is 779 g/mol. The van der Waals surface area contributed by atoms with Crippen LogP contribution in [-0.4, -0.2) is 5.71 Å². The molecule has 0 bridgehead atoms. The Bertz CT molecular complexity index is 3560. The van der Waals surface area contributed by atoms with Gasteiger partial charge in [0.1, 0.15) is 0 Å². The number of hydrogen-bond acceptors (Lipinski definition) is 2. The third-order valence-corrected chi connectivity index (χ3v) is 13.5. The number of fused-ring (bicyclic) bond motifs is 7. The number of benzene rings is 10. The molecule has 0 saturated heterocycles. The van der Waals surface area contributed by atoms with Crippen LogP contribution in [-0.2, 0) is 6.54 Å². The minimum Gasteiger partial charge on any atom is -0.280 e. The van der Waals surface area contributed by atoms with E-state index in [1.807, 2.05) is 11.3 Å². The monoisotopic (exact) mass is 821 g/mol. The zero-order valence-corrected chi connectivity index (χ0v) is 35.8. The zero-order chi connectivity index (χ0) is 42.1. The fraction of sp³-hybridized carbons (Fsp3) is 0.0328. The summed E-state index contributed by atoms with van der Waals surface area (Å²) in [6.07, 6.45) is 6.63. The number of allylic oxidation sites excluding steroid dienone is 4. The van der Waals surface area contributed by atoms with Crippen molar-refractivity contribution >= 4 is 75.1 Å². The van der Waals surface area contributed by atoms with Crippen LogP contribution in [0.25, 0.3) is 91.4 Å². The molecule has 0 amide bonds. The molecule has 1 aromatic heterocycles. The highest BCUT2D eigenvalue weighted by Gasteiger charge is 2.18. The largest absolute Gasteiger partial charge is 0.280 e. The Labute approximate surface area is 372 Å². The Kier molecular flexibility index (Phi) is 10.1. The van der Waals surface area contributed by atoms with E-state index < -0.39 is 0 Å². The summed E-state index contributed by atoms with van der Waals surface area (Å²) < 4.78 is 2.55. The van der Waals surface area contributed by atoms with Gasteiger partial charge in [-0.05, 0) is 108 Å². The highest BCUT2D eigenvalue weighted by atomic mass is 32.1. The van der Waals surface area contributed by atoms with Gasteiger partial charge >= 0.3 is 0 Å². The van der Waals surface area contributed by atoms with Crippen LogP contribution in [0.4, 0.5) is 0 Å². The molecule has 0 aliphatic carbocycles. The third-order valence-electron chi connectivity index (χ3n) is 12.3. The van der Waals surface area contributed by atoms with Gasteiger partial charge in [0.05, 0.1) is 12.3 Å². The summed E-state index contributed by atoms with van der Waals surface area (Å²) in [6, 6.07) is 77.2. The molecule has 0 unspecified atom stereocenters.